The van der Waals surface area contributed by atoms with E-state index in [9.17, 15) is 9.59 Å². The molecule has 0 spiro atoms. The molecule has 1 aromatic rings. The summed E-state index contributed by atoms with van der Waals surface area (Å²) in [6, 6.07) is 6.16. The molecule has 1 aliphatic carbocycles. The number of hydrogen-bond acceptors (Lipinski definition) is 4. The number of aryl methyl sites for hydroxylation is 1. The molecule has 0 radical (unpaired) electrons. The minimum absolute atomic E-state index is 0. The van der Waals surface area contributed by atoms with Crippen LogP contribution in [0.2, 0.25) is 0 Å². The lowest BCUT2D eigenvalue weighted by molar-refractivity contribution is -0.141. The van der Waals surface area contributed by atoms with Crippen molar-refractivity contribution in [1.82, 2.24) is 10.2 Å². The molecule has 1 saturated heterocycles. The molecule has 1 atom stereocenters. The van der Waals surface area contributed by atoms with Crippen LogP contribution in [0.25, 0.3) is 0 Å². The first kappa shape index (κ1) is 23.5. The van der Waals surface area contributed by atoms with Gasteiger partial charge in [0.25, 0.3) is 0 Å². The summed E-state index contributed by atoms with van der Waals surface area (Å²) in [5.74, 6) is 0.872. The van der Waals surface area contributed by atoms with E-state index in [0.717, 1.165) is 61.9 Å². The molecule has 1 heterocycles. The van der Waals surface area contributed by atoms with Crippen molar-refractivity contribution in [3.8, 4) is 5.75 Å². The molecule has 1 aliphatic heterocycles. The maximum absolute atomic E-state index is 13.7. The average molecular weight is 424 g/mol. The minimum atomic E-state index is -0.489. The predicted octanol–water partition coefficient (Wildman–Crippen LogP) is 2.55. The molecular formula is C22H34ClN3O3. The summed E-state index contributed by atoms with van der Waals surface area (Å²) in [5.41, 5.74) is 7.12. The third-order valence-electron chi connectivity index (χ3n) is 6.35. The van der Waals surface area contributed by atoms with Crippen LogP contribution in [-0.4, -0.2) is 50.0 Å². The van der Waals surface area contributed by atoms with E-state index >= 15 is 0 Å². The molecule has 1 aromatic carbocycles. The van der Waals surface area contributed by atoms with Gasteiger partial charge in [0, 0.05) is 26.2 Å². The third kappa shape index (κ3) is 4.86. The van der Waals surface area contributed by atoms with Gasteiger partial charge in [-0.05, 0) is 49.8 Å². The van der Waals surface area contributed by atoms with Crippen molar-refractivity contribution >= 4 is 24.2 Å². The van der Waals surface area contributed by atoms with Gasteiger partial charge in [0.15, 0.2) is 0 Å². The standard InChI is InChI=1S/C22H33N3O3.ClH/c1-16-7-8-18(14-19(16)28-2)22(9-3-4-10-22)21(27)25-13-5-6-17(15-25)20(26)24-12-11-23;/h7-8,14,17H,3-6,9-13,15,23H2,1-2H3,(H,24,26);1H. The van der Waals surface area contributed by atoms with E-state index in [1.54, 1.807) is 7.11 Å². The lowest BCUT2D eigenvalue weighted by Gasteiger charge is -2.39. The first-order valence-electron chi connectivity index (χ1n) is 10.4. The summed E-state index contributed by atoms with van der Waals surface area (Å²) >= 11 is 0. The zero-order valence-corrected chi connectivity index (χ0v) is 18.4. The zero-order chi connectivity index (χ0) is 20.1. The fourth-order valence-corrected chi connectivity index (χ4v) is 4.74. The number of hydrogen-bond donors (Lipinski definition) is 2. The van der Waals surface area contributed by atoms with Gasteiger partial charge in [0.2, 0.25) is 11.8 Å². The number of ether oxygens (including phenoxy) is 1. The molecule has 2 fully saturated rings. The number of carbonyl (C=O) groups is 2. The van der Waals surface area contributed by atoms with Crippen molar-refractivity contribution in [2.75, 3.05) is 33.3 Å². The average Bonchev–Trinajstić information content (AvgIpc) is 3.23. The summed E-state index contributed by atoms with van der Waals surface area (Å²) in [7, 11) is 1.67. The molecule has 2 amide bonds. The highest BCUT2D eigenvalue weighted by atomic mass is 35.5. The highest BCUT2D eigenvalue weighted by Gasteiger charge is 2.46. The van der Waals surface area contributed by atoms with Gasteiger partial charge in [-0.15, -0.1) is 12.4 Å². The van der Waals surface area contributed by atoms with E-state index in [0.29, 0.717) is 19.6 Å². The van der Waals surface area contributed by atoms with Gasteiger partial charge in [-0.1, -0.05) is 25.0 Å². The van der Waals surface area contributed by atoms with Crippen LogP contribution in [0.4, 0.5) is 0 Å². The normalized spacial score (nSPS) is 20.7. The largest absolute Gasteiger partial charge is 0.496 e. The Kier molecular flexibility index (Phi) is 8.34. The fourth-order valence-electron chi connectivity index (χ4n) is 4.74. The van der Waals surface area contributed by atoms with E-state index in [4.69, 9.17) is 10.5 Å². The van der Waals surface area contributed by atoms with Gasteiger partial charge in [-0.3, -0.25) is 9.59 Å². The number of amides is 2. The Bertz CT molecular complexity index is 719. The number of carbonyl (C=O) groups excluding carboxylic acids is 2. The van der Waals surface area contributed by atoms with E-state index < -0.39 is 5.41 Å². The smallest absolute Gasteiger partial charge is 0.233 e. The first-order valence-corrected chi connectivity index (χ1v) is 10.4. The molecule has 162 valence electrons. The van der Waals surface area contributed by atoms with Crippen LogP contribution >= 0.6 is 12.4 Å². The highest BCUT2D eigenvalue weighted by molar-refractivity contribution is 5.90. The lowest BCUT2D eigenvalue weighted by atomic mass is 9.76. The van der Waals surface area contributed by atoms with Crippen LogP contribution in [0, 0.1) is 12.8 Å². The number of benzene rings is 1. The van der Waals surface area contributed by atoms with Gasteiger partial charge in [0.1, 0.15) is 5.75 Å². The molecule has 29 heavy (non-hydrogen) atoms. The number of piperidine rings is 1. The van der Waals surface area contributed by atoms with Crippen LogP contribution in [0.1, 0.15) is 49.7 Å². The Morgan fingerprint density at radius 3 is 2.66 bits per heavy atom. The number of methoxy groups -OCH3 is 1. The van der Waals surface area contributed by atoms with E-state index in [2.05, 4.69) is 11.4 Å². The number of nitrogens with one attached hydrogen (secondary N) is 1. The second-order valence-corrected chi connectivity index (χ2v) is 8.14. The summed E-state index contributed by atoms with van der Waals surface area (Å²) in [6.45, 7) is 4.15. The van der Waals surface area contributed by atoms with E-state index in [1.165, 1.54) is 0 Å². The highest BCUT2D eigenvalue weighted by Crippen LogP contribution is 2.44. The molecule has 7 heteroatoms. The van der Waals surface area contributed by atoms with Crippen molar-refractivity contribution in [2.24, 2.45) is 11.7 Å². The molecule has 3 N–H and O–H groups in total. The Hall–Kier alpha value is -1.79. The van der Waals surface area contributed by atoms with Crippen LogP contribution in [0.3, 0.4) is 0 Å². The predicted molar refractivity (Wildman–Crippen MR) is 116 cm³/mol. The molecule has 1 saturated carbocycles. The maximum atomic E-state index is 13.7. The molecule has 0 aromatic heterocycles. The second-order valence-electron chi connectivity index (χ2n) is 8.14. The maximum Gasteiger partial charge on any atom is 0.233 e. The van der Waals surface area contributed by atoms with E-state index in [1.807, 2.05) is 24.0 Å². The molecule has 3 rings (SSSR count). The van der Waals surface area contributed by atoms with E-state index in [-0.39, 0.29) is 30.1 Å². The quantitative estimate of drug-likeness (QED) is 0.736. The Morgan fingerprint density at radius 2 is 2.00 bits per heavy atom. The van der Waals surface area contributed by atoms with Gasteiger partial charge >= 0.3 is 0 Å². The number of likely N-dealkylation sites (tertiary alicyclic amines) is 1. The summed E-state index contributed by atoms with van der Waals surface area (Å²) < 4.78 is 5.51. The van der Waals surface area contributed by atoms with Crippen LogP contribution in [0.5, 0.6) is 5.75 Å². The molecule has 6 nitrogen and oxygen atoms in total. The van der Waals surface area contributed by atoms with Crippen molar-refractivity contribution < 1.29 is 14.3 Å². The van der Waals surface area contributed by atoms with Crippen LogP contribution < -0.4 is 15.8 Å². The zero-order valence-electron chi connectivity index (χ0n) is 17.5. The summed E-state index contributed by atoms with van der Waals surface area (Å²) in [4.78, 5) is 28.0. The summed E-state index contributed by atoms with van der Waals surface area (Å²) in [6.07, 6.45) is 5.51. The van der Waals surface area contributed by atoms with Crippen molar-refractivity contribution in [3.05, 3.63) is 29.3 Å². The molecule has 0 bridgehead atoms. The monoisotopic (exact) mass is 423 g/mol. The molecular weight excluding hydrogens is 390 g/mol. The van der Waals surface area contributed by atoms with Gasteiger partial charge in [0.05, 0.1) is 18.4 Å². The topological polar surface area (TPSA) is 84.7 Å². The first-order chi connectivity index (χ1) is 13.5. The Labute approximate surface area is 179 Å². The SMILES string of the molecule is COc1cc(C2(C(=O)N3CCCC(C(=O)NCCN)C3)CCCC2)ccc1C.Cl. The van der Waals surface area contributed by atoms with Crippen molar-refractivity contribution in [2.45, 2.75) is 50.9 Å². The number of halogens is 1. The minimum Gasteiger partial charge on any atom is -0.496 e. The van der Waals surface area contributed by atoms with Crippen LogP contribution in [0.15, 0.2) is 18.2 Å². The Morgan fingerprint density at radius 1 is 1.28 bits per heavy atom. The second kappa shape index (κ2) is 10.3. The number of nitrogens with zero attached hydrogens (tertiary/aromatic N) is 1. The Balaban J connectivity index is 0.00000300. The number of nitrogens with two attached hydrogens (primary N) is 1. The molecule has 1 unspecified atom stereocenters. The van der Waals surface area contributed by atoms with Crippen molar-refractivity contribution in [1.29, 1.82) is 0 Å². The fraction of sp³-hybridized carbons (Fsp3) is 0.636. The molecule has 2 aliphatic rings. The third-order valence-corrected chi connectivity index (χ3v) is 6.35. The lowest BCUT2D eigenvalue weighted by Crippen LogP contribution is -2.51. The van der Waals surface area contributed by atoms with Gasteiger partial charge in [-0.2, -0.15) is 0 Å². The summed E-state index contributed by atoms with van der Waals surface area (Å²) in [5, 5.41) is 2.88. The van der Waals surface area contributed by atoms with Gasteiger partial charge in [-0.25, -0.2) is 0 Å². The van der Waals surface area contributed by atoms with Crippen LogP contribution in [-0.2, 0) is 15.0 Å². The van der Waals surface area contributed by atoms with Gasteiger partial charge < -0.3 is 20.7 Å². The number of rotatable bonds is 6. The van der Waals surface area contributed by atoms with Crippen molar-refractivity contribution in [3.63, 3.8) is 0 Å².